The predicted octanol–water partition coefficient (Wildman–Crippen LogP) is 1.77. The molecule has 2 unspecified atom stereocenters. The molecule has 4 nitrogen and oxygen atoms in total. The van der Waals surface area contributed by atoms with Crippen LogP contribution in [0.5, 0.6) is 0 Å². The minimum absolute atomic E-state index is 0.0361. The van der Waals surface area contributed by atoms with E-state index in [4.69, 9.17) is 10.5 Å². The standard InChI is InChI=1S/C10H19N3OS/c1-4-8(11)10-13-12-9(15-10)5-7(2)6-14-3/h7-8H,4-6,11H2,1-3H3. The third kappa shape index (κ3) is 3.85. The van der Waals surface area contributed by atoms with Crippen LogP contribution in [0.25, 0.3) is 0 Å². The number of hydrogen-bond acceptors (Lipinski definition) is 5. The fourth-order valence-electron chi connectivity index (χ4n) is 1.32. The van der Waals surface area contributed by atoms with Crippen molar-refractivity contribution in [3.05, 3.63) is 10.0 Å². The molecule has 0 bridgehead atoms. The van der Waals surface area contributed by atoms with Crippen molar-refractivity contribution in [2.24, 2.45) is 11.7 Å². The second-order valence-electron chi connectivity index (χ2n) is 3.81. The van der Waals surface area contributed by atoms with E-state index in [0.717, 1.165) is 29.5 Å². The molecule has 0 aliphatic carbocycles. The van der Waals surface area contributed by atoms with Crippen molar-refractivity contribution < 1.29 is 4.74 Å². The lowest BCUT2D eigenvalue weighted by Gasteiger charge is -2.06. The van der Waals surface area contributed by atoms with Gasteiger partial charge in [0.05, 0.1) is 6.04 Å². The maximum absolute atomic E-state index is 5.88. The van der Waals surface area contributed by atoms with Crippen LogP contribution in [0.2, 0.25) is 0 Å². The normalized spacial score (nSPS) is 15.2. The molecule has 0 aliphatic heterocycles. The number of nitrogens with two attached hydrogens (primary N) is 1. The van der Waals surface area contributed by atoms with Gasteiger partial charge in [0, 0.05) is 20.1 Å². The Labute approximate surface area is 94.9 Å². The number of rotatable bonds is 6. The summed E-state index contributed by atoms with van der Waals surface area (Å²) < 4.78 is 5.08. The van der Waals surface area contributed by atoms with Crippen LogP contribution in [-0.2, 0) is 11.2 Å². The Kier molecular flexibility index (Phi) is 5.14. The van der Waals surface area contributed by atoms with Gasteiger partial charge in [-0.2, -0.15) is 0 Å². The Bertz CT molecular complexity index is 290. The van der Waals surface area contributed by atoms with Crippen LogP contribution in [0.15, 0.2) is 0 Å². The molecule has 0 aromatic carbocycles. The van der Waals surface area contributed by atoms with E-state index in [0.29, 0.717) is 5.92 Å². The summed E-state index contributed by atoms with van der Waals surface area (Å²) in [5.41, 5.74) is 5.88. The van der Waals surface area contributed by atoms with Gasteiger partial charge in [-0.25, -0.2) is 0 Å². The lowest BCUT2D eigenvalue weighted by atomic mass is 10.1. The third-order valence-corrected chi connectivity index (χ3v) is 3.29. The Balaban J connectivity index is 2.52. The van der Waals surface area contributed by atoms with Gasteiger partial charge in [0.15, 0.2) is 0 Å². The zero-order valence-corrected chi connectivity index (χ0v) is 10.4. The first-order chi connectivity index (χ1) is 7.17. The molecule has 1 heterocycles. The van der Waals surface area contributed by atoms with Crippen LogP contribution in [0.1, 0.15) is 36.3 Å². The highest BCUT2D eigenvalue weighted by molar-refractivity contribution is 7.11. The number of aromatic nitrogens is 2. The molecule has 86 valence electrons. The lowest BCUT2D eigenvalue weighted by molar-refractivity contribution is 0.159. The Morgan fingerprint density at radius 1 is 1.47 bits per heavy atom. The van der Waals surface area contributed by atoms with Crippen LogP contribution in [-0.4, -0.2) is 23.9 Å². The predicted molar refractivity (Wildman–Crippen MR) is 61.9 cm³/mol. The lowest BCUT2D eigenvalue weighted by Crippen LogP contribution is -2.07. The van der Waals surface area contributed by atoms with E-state index in [-0.39, 0.29) is 6.04 Å². The van der Waals surface area contributed by atoms with Gasteiger partial charge < -0.3 is 10.5 Å². The molecule has 0 aliphatic rings. The summed E-state index contributed by atoms with van der Waals surface area (Å²) in [6, 6.07) is 0.0361. The van der Waals surface area contributed by atoms with Crippen molar-refractivity contribution in [3.8, 4) is 0 Å². The van der Waals surface area contributed by atoms with Gasteiger partial charge in [0.1, 0.15) is 10.0 Å². The zero-order chi connectivity index (χ0) is 11.3. The SMILES string of the molecule is CCC(N)c1nnc(CC(C)COC)s1. The Hall–Kier alpha value is -0.520. The van der Waals surface area contributed by atoms with Crippen LogP contribution in [0.3, 0.4) is 0 Å². The Morgan fingerprint density at radius 2 is 2.20 bits per heavy atom. The van der Waals surface area contributed by atoms with Crippen molar-refractivity contribution in [2.75, 3.05) is 13.7 Å². The maximum atomic E-state index is 5.88. The van der Waals surface area contributed by atoms with Gasteiger partial charge in [-0.3, -0.25) is 0 Å². The highest BCUT2D eigenvalue weighted by Crippen LogP contribution is 2.20. The van der Waals surface area contributed by atoms with Gasteiger partial charge in [-0.15, -0.1) is 10.2 Å². The van der Waals surface area contributed by atoms with Crippen molar-refractivity contribution in [1.29, 1.82) is 0 Å². The maximum Gasteiger partial charge on any atom is 0.134 e. The highest BCUT2D eigenvalue weighted by Gasteiger charge is 2.12. The van der Waals surface area contributed by atoms with Gasteiger partial charge in [-0.1, -0.05) is 25.2 Å². The first-order valence-electron chi connectivity index (χ1n) is 5.24. The number of ether oxygens (including phenoxy) is 1. The first kappa shape index (κ1) is 12.5. The van der Waals surface area contributed by atoms with E-state index >= 15 is 0 Å². The molecular formula is C10H19N3OS. The van der Waals surface area contributed by atoms with Gasteiger partial charge in [0.2, 0.25) is 0 Å². The van der Waals surface area contributed by atoms with Crippen LogP contribution >= 0.6 is 11.3 Å². The summed E-state index contributed by atoms with van der Waals surface area (Å²) in [7, 11) is 1.72. The Morgan fingerprint density at radius 3 is 2.80 bits per heavy atom. The van der Waals surface area contributed by atoms with Crippen molar-refractivity contribution in [2.45, 2.75) is 32.7 Å². The van der Waals surface area contributed by atoms with Gasteiger partial charge in [0.25, 0.3) is 0 Å². The van der Waals surface area contributed by atoms with Crippen molar-refractivity contribution in [1.82, 2.24) is 10.2 Å². The fourth-order valence-corrected chi connectivity index (χ4v) is 2.41. The van der Waals surface area contributed by atoms with Crippen molar-refractivity contribution in [3.63, 3.8) is 0 Å². The summed E-state index contributed by atoms with van der Waals surface area (Å²) in [5.74, 6) is 0.480. The molecule has 0 fully saturated rings. The van der Waals surface area contributed by atoms with E-state index in [2.05, 4.69) is 24.0 Å². The largest absolute Gasteiger partial charge is 0.384 e. The minimum atomic E-state index is 0.0361. The van der Waals surface area contributed by atoms with Crippen LogP contribution in [0.4, 0.5) is 0 Å². The third-order valence-electron chi connectivity index (χ3n) is 2.21. The average Bonchev–Trinajstić information content (AvgIpc) is 2.65. The second kappa shape index (κ2) is 6.15. The second-order valence-corrected chi connectivity index (χ2v) is 4.91. The van der Waals surface area contributed by atoms with E-state index < -0.39 is 0 Å². The van der Waals surface area contributed by atoms with Gasteiger partial charge in [-0.05, 0) is 12.3 Å². The van der Waals surface area contributed by atoms with Crippen molar-refractivity contribution >= 4 is 11.3 Å². The summed E-state index contributed by atoms with van der Waals surface area (Å²) in [4.78, 5) is 0. The van der Waals surface area contributed by atoms with Gasteiger partial charge >= 0.3 is 0 Å². The topological polar surface area (TPSA) is 61.0 Å². The molecule has 15 heavy (non-hydrogen) atoms. The summed E-state index contributed by atoms with van der Waals surface area (Å²) in [5, 5.41) is 10.2. The molecule has 0 radical (unpaired) electrons. The average molecular weight is 229 g/mol. The molecule has 0 amide bonds. The monoisotopic (exact) mass is 229 g/mol. The number of hydrogen-bond donors (Lipinski definition) is 1. The highest BCUT2D eigenvalue weighted by atomic mass is 32.1. The summed E-state index contributed by atoms with van der Waals surface area (Å²) in [6.45, 7) is 4.96. The summed E-state index contributed by atoms with van der Waals surface area (Å²) >= 11 is 1.62. The van der Waals surface area contributed by atoms with E-state index in [9.17, 15) is 0 Å². The molecular weight excluding hydrogens is 210 g/mol. The molecule has 2 atom stereocenters. The fraction of sp³-hybridized carbons (Fsp3) is 0.800. The molecule has 1 rings (SSSR count). The molecule has 0 spiro atoms. The van der Waals surface area contributed by atoms with Crippen LogP contribution < -0.4 is 5.73 Å². The van der Waals surface area contributed by atoms with E-state index in [1.807, 2.05) is 0 Å². The molecule has 1 aromatic heterocycles. The quantitative estimate of drug-likeness (QED) is 0.807. The van der Waals surface area contributed by atoms with Crippen LogP contribution in [0, 0.1) is 5.92 Å². The molecule has 2 N–H and O–H groups in total. The summed E-state index contributed by atoms with van der Waals surface area (Å²) in [6.07, 6.45) is 1.82. The first-order valence-corrected chi connectivity index (χ1v) is 6.05. The molecule has 0 saturated carbocycles. The molecule has 0 saturated heterocycles. The van der Waals surface area contributed by atoms with E-state index in [1.54, 1.807) is 18.4 Å². The zero-order valence-electron chi connectivity index (χ0n) is 9.56. The van der Waals surface area contributed by atoms with E-state index in [1.165, 1.54) is 0 Å². The minimum Gasteiger partial charge on any atom is -0.384 e. The molecule has 1 aromatic rings. The smallest absolute Gasteiger partial charge is 0.134 e. The number of methoxy groups -OCH3 is 1. The number of nitrogens with zero attached hydrogens (tertiary/aromatic N) is 2. The molecule has 5 heteroatoms.